The van der Waals surface area contributed by atoms with Gasteiger partial charge in [-0.3, -0.25) is 0 Å². The lowest BCUT2D eigenvalue weighted by molar-refractivity contribution is 1.14. The number of benzene rings is 2. The first kappa shape index (κ1) is 11.0. The first-order chi connectivity index (χ1) is 7.70. The van der Waals surface area contributed by atoms with Crippen LogP contribution in [-0.4, -0.2) is 0 Å². The second-order valence-corrected chi connectivity index (χ2v) is 4.21. The Labute approximate surface area is 101 Å². The second kappa shape index (κ2) is 4.58. The molecule has 82 valence electrons. The molecule has 0 aliphatic carbocycles. The zero-order valence-corrected chi connectivity index (χ0v) is 9.96. The van der Waals surface area contributed by atoms with E-state index in [1.165, 1.54) is 5.56 Å². The highest BCUT2D eigenvalue weighted by molar-refractivity contribution is 6.30. The van der Waals surface area contributed by atoms with E-state index in [9.17, 15) is 0 Å². The van der Waals surface area contributed by atoms with Crippen LogP contribution in [0.4, 0.5) is 5.69 Å². The van der Waals surface area contributed by atoms with Gasteiger partial charge in [0.25, 0.3) is 0 Å². The number of nitrogens with two attached hydrogens (primary N) is 1. The molecule has 16 heavy (non-hydrogen) atoms. The summed E-state index contributed by atoms with van der Waals surface area (Å²) in [5.74, 6) is 0. The van der Waals surface area contributed by atoms with Crippen LogP contribution in [0.1, 0.15) is 12.5 Å². The summed E-state index contributed by atoms with van der Waals surface area (Å²) >= 11 is 5.96. The maximum absolute atomic E-state index is 5.97. The monoisotopic (exact) mass is 231 g/mol. The third-order valence-electron chi connectivity index (χ3n) is 2.68. The quantitative estimate of drug-likeness (QED) is 0.772. The van der Waals surface area contributed by atoms with Gasteiger partial charge < -0.3 is 5.73 Å². The van der Waals surface area contributed by atoms with Crippen LogP contribution in [0.2, 0.25) is 5.02 Å². The van der Waals surface area contributed by atoms with Crippen LogP contribution < -0.4 is 5.73 Å². The van der Waals surface area contributed by atoms with Crippen LogP contribution in [0, 0.1) is 0 Å². The van der Waals surface area contributed by atoms with Crippen molar-refractivity contribution in [3.8, 4) is 11.1 Å². The molecule has 0 spiro atoms. The van der Waals surface area contributed by atoms with Gasteiger partial charge in [0.1, 0.15) is 0 Å². The van der Waals surface area contributed by atoms with Gasteiger partial charge in [-0.25, -0.2) is 0 Å². The van der Waals surface area contributed by atoms with Gasteiger partial charge in [-0.05, 0) is 41.3 Å². The van der Waals surface area contributed by atoms with Crippen molar-refractivity contribution in [1.82, 2.24) is 0 Å². The highest BCUT2D eigenvalue weighted by Crippen LogP contribution is 2.26. The summed E-state index contributed by atoms with van der Waals surface area (Å²) in [6, 6.07) is 14.0. The molecule has 0 saturated carbocycles. The molecule has 0 unspecified atom stereocenters. The molecule has 0 aliphatic rings. The highest BCUT2D eigenvalue weighted by Gasteiger charge is 2.02. The molecule has 2 heteroatoms. The highest BCUT2D eigenvalue weighted by atomic mass is 35.5. The van der Waals surface area contributed by atoms with E-state index in [1.54, 1.807) is 0 Å². The summed E-state index contributed by atoms with van der Waals surface area (Å²) in [6.07, 6.45) is 0.960. The van der Waals surface area contributed by atoms with Gasteiger partial charge in [-0.1, -0.05) is 42.8 Å². The third-order valence-corrected chi connectivity index (χ3v) is 2.92. The van der Waals surface area contributed by atoms with Crippen molar-refractivity contribution in [3.63, 3.8) is 0 Å². The van der Waals surface area contributed by atoms with Gasteiger partial charge >= 0.3 is 0 Å². The lowest BCUT2D eigenvalue weighted by atomic mass is 10.0. The summed E-state index contributed by atoms with van der Waals surface area (Å²) in [5, 5.41) is 0.746. The van der Waals surface area contributed by atoms with Crippen molar-refractivity contribution in [2.24, 2.45) is 0 Å². The van der Waals surface area contributed by atoms with Crippen LogP contribution in [0.5, 0.6) is 0 Å². The summed E-state index contributed by atoms with van der Waals surface area (Å²) in [6.45, 7) is 2.10. The Kier molecular flexibility index (Phi) is 3.16. The maximum Gasteiger partial charge on any atom is 0.0412 e. The fourth-order valence-electron chi connectivity index (χ4n) is 1.76. The number of aryl methyl sites for hydroxylation is 1. The van der Waals surface area contributed by atoms with E-state index >= 15 is 0 Å². The van der Waals surface area contributed by atoms with Crippen molar-refractivity contribution in [2.75, 3.05) is 5.73 Å². The van der Waals surface area contributed by atoms with E-state index < -0.39 is 0 Å². The average molecular weight is 232 g/mol. The molecule has 0 bridgehead atoms. The van der Waals surface area contributed by atoms with Crippen molar-refractivity contribution in [2.45, 2.75) is 13.3 Å². The Bertz CT molecular complexity index is 506. The summed E-state index contributed by atoms with van der Waals surface area (Å²) in [5.41, 5.74) is 10.2. The van der Waals surface area contributed by atoms with Gasteiger partial charge in [0.2, 0.25) is 0 Å². The standard InChI is InChI=1S/C14H14ClN/c1-2-10-6-7-12(9-14(10)16)11-4-3-5-13(15)8-11/h3-9H,2,16H2,1H3. The lowest BCUT2D eigenvalue weighted by Crippen LogP contribution is -1.93. The molecule has 0 radical (unpaired) electrons. The van der Waals surface area contributed by atoms with Gasteiger partial charge in [-0.15, -0.1) is 0 Å². The molecule has 2 N–H and O–H groups in total. The van der Waals surface area contributed by atoms with Gasteiger partial charge in [0.15, 0.2) is 0 Å². The summed E-state index contributed by atoms with van der Waals surface area (Å²) < 4.78 is 0. The summed E-state index contributed by atoms with van der Waals surface area (Å²) in [7, 11) is 0. The molecule has 0 heterocycles. The minimum atomic E-state index is 0.746. The minimum absolute atomic E-state index is 0.746. The Hall–Kier alpha value is -1.47. The normalized spacial score (nSPS) is 10.4. The molecule has 0 fully saturated rings. The topological polar surface area (TPSA) is 26.0 Å². The fraction of sp³-hybridized carbons (Fsp3) is 0.143. The largest absolute Gasteiger partial charge is 0.398 e. The number of rotatable bonds is 2. The van der Waals surface area contributed by atoms with E-state index in [-0.39, 0.29) is 0 Å². The van der Waals surface area contributed by atoms with Crippen molar-refractivity contribution < 1.29 is 0 Å². The van der Waals surface area contributed by atoms with E-state index in [2.05, 4.69) is 19.1 Å². The molecule has 0 atom stereocenters. The van der Waals surface area contributed by atoms with Gasteiger partial charge in [0, 0.05) is 10.7 Å². The number of halogens is 1. The molecule has 1 nitrogen and oxygen atoms in total. The molecular formula is C14H14ClN. The zero-order valence-electron chi connectivity index (χ0n) is 9.20. The second-order valence-electron chi connectivity index (χ2n) is 3.78. The van der Waals surface area contributed by atoms with Crippen LogP contribution >= 0.6 is 11.6 Å². The lowest BCUT2D eigenvalue weighted by Gasteiger charge is -2.07. The molecule has 0 aromatic heterocycles. The Balaban J connectivity index is 2.45. The van der Waals surface area contributed by atoms with Crippen LogP contribution in [-0.2, 0) is 6.42 Å². The van der Waals surface area contributed by atoms with E-state index in [0.29, 0.717) is 0 Å². The van der Waals surface area contributed by atoms with Crippen LogP contribution in [0.15, 0.2) is 42.5 Å². The Morgan fingerprint density at radius 1 is 1.06 bits per heavy atom. The van der Waals surface area contributed by atoms with E-state index in [1.807, 2.05) is 30.3 Å². The number of hydrogen-bond donors (Lipinski definition) is 1. The van der Waals surface area contributed by atoms with Crippen molar-refractivity contribution in [3.05, 3.63) is 53.1 Å². The average Bonchev–Trinajstić information content (AvgIpc) is 2.29. The van der Waals surface area contributed by atoms with E-state index in [0.717, 1.165) is 28.3 Å². The van der Waals surface area contributed by atoms with Crippen LogP contribution in [0.3, 0.4) is 0 Å². The molecular weight excluding hydrogens is 218 g/mol. The predicted molar refractivity (Wildman–Crippen MR) is 70.7 cm³/mol. The summed E-state index contributed by atoms with van der Waals surface area (Å²) in [4.78, 5) is 0. The van der Waals surface area contributed by atoms with E-state index in [4.69, 9.17) is 17.3 Å². The predicted octanol–water partition coefficient (Wildman–Crippen LogP) is 4.15. The first-order valence-electron chi connectivity index (χ1n) is 5.35. The van der Waals surface area contributed by atoms with Crippen LogP contribution in [0.25, 0.3) is 11.1 Å². The molecule has 2 rings (SSSR count). The molecule has 0 amide bonds. The SMILES string of the molecule is CCc1ccc(-c2cccc(Cl)c2)cc1N. The molecule has 0 saturated heterocycles. The molecule has 2 aromatic rings. The fourth-order valence-corrected chi connectivity index (χ4v) is 1.95. The first-order valence-corrected chi connectivity index (χ1v) is 5.73. The maximum atomic E-state index is 5.97. The van der Waals surface area contributed by atoms with Crippen molar-refractivity contribution in [1.29, 1.82) is 0 Å². The smallest absolute Gasteiger partial charge is 0.0412 e. The number of hydrogen-bond acceptors (Lipinski definition) is 1. The Morgan fingerprint density at radius 3 is 2.44 bits per heavy atom. The van der Waals surface area contributed by atoms with Crippen molar-refractivity contribution >= 4 is 17.3 Å². The Morgan fingerprint density at radius 2 is 1.81 bits per heavy atom. The molecule has 2 aromatic carbocycles. The molecule has 0 aliphatic heterocycles. The zero-order chi connectivity index (χ0) is 11.5. The van der Waals surface area contributed by atoms with Gasteiger partial charge in [0.05, 0.1) is 0 Å². The third kappa shape index (κ3) is 2.20. The van der Waals surface area contributed by atoms with Gasteiger partial charge in [-0.2, -0.15) is 0 Å². The number of anilines is 1. The number of nitrogen functional groups attached to an aromatic ring is 1. The minimum Gasteiger partial charge on any atom is -0.398 e.